The fraction of sp³-hybridized carbons (Fsp3) is 0.500. The van der Waals surface area contributed by atoms with E-state index < -0.39 is 30.4 Å². The number of carbonyl (C=O) groups is 2. The van der Waals surface area contributed by atoms with Crippen LogP contribution in [0.15, 0.2) is 18.3 Å². The SMILES string of the molecule is COC(=O)c1ccc(N(CC(F)(F)F)C(=O)OC(C)(C)C)nc1. The van der Waals surface area contributed by atoms with Crippen LogP contribution in [-0.2, 0) is 9.47 Å². The van der Waals surface area contributed by atoms with Crippen molar-refractivity contribution in [3.8, 4) is 0 Å². The number of rotatable bonds is 3. The van der Waals surface area contributed by atoms with Crippen LogP contribution in [-0.4, -0.2) is 42.5 Å². The van der Waals surface area contributed by atoms with Crippen molar-refractivity contribution in [3.05, 3.63) is 23.9 Å². The predicted octanol–water partition coefficient (Wildman–Crippen LogP) is 3.17. The second-order valence-corrected chi connectivity index (χ2v) is 5.58. The molecule has 23 heavy (non-hydrogen) atoms. The fourth-order valence-electron chi connectivity index (χ4n) is 1.52. The summed E-state index contributed by atoms with van der Waals surface area (Å²) in [4.78, 5) is 27.3. The Morgan fingerprint density at radius 3 is 2.22 bits per heavy atom. The molecule has 0 unspecified atom stereocenters. The highest BCUT2D eigenvalue weighted by molar-refractivity contribution is 5.90. The molecule has 1 aromatic heterocycles. The van der Waals surface area contributed by atoms with Gasteiger partial charge in [-0.1, -0.05) is 0 Å². The molecule has 0 bridgehead atoms. The number of alkyl halides is 3. The molecular weight excluding hydrogens is 317 g/mol. The van der Waals surface area contributed by atoms with E-state index in [9.17, 15) is 22.8 Å². The number of methoxy groups -OCH3 is 1. The van der Waals surface area contributed by atoms with Crippen LogP contribution in [0, 0.1) is 0 Å². The number of esters is 1. The van der Waals surface area contributed by atoms with E-state index >= 15 is 0 Å². The van der Waals surface area contributed by atoms with Gasteiger partial charge in [0, 0.05) is 6.20 Å². The van der Waals surface area contributed by atoms with Gasteiger partial charge in [0.25, 0.3) is 0 Å². The number of halogens is 3. The lowest BCUT2D eigenvalue weighted by atomic mass is 10.2. The molecular formula is C14H17F3N2O4. The van der Waals surface area contributed by atoms with Gasteiger partial charge in [-0.2, -0.15) is 13.2 Å². The summed E-state index contributed by atoms with van der Waals surface area (Å²) in [7, 11) is 1.16. The third-order valence-corrected chi connectivity index (χ3v) is 2.40. The van der Waals surface area contributed by atoms with Gasteiger partial charge in [0.2, 0.25) is 0 Å². The molecule has 9 heteroatoms. The molecule has 0 spiro atoms. The Balaban J connectivity index is 3.09. The fourth-order valence-corrected chi connectivity index (χ4v) is 1.52. The smallest absolute Gasteiger partial charge is 0.416 e. The van der Waals surface area contributed by atoms with Crippen molar-refractivity contribution >= 4 is 17.9 Å². The van der Waals surface area contributed by atoms with Crippen LogP contribution in [0.25, 0.3) is 0 Å². The first-order valence-corrected chi connectivity index (χ1v) is 6.54. The maximum atomic E-state index is 12.7. The van der Waals surface area contributed by atoms with Gasteiger partial charge in [0.1, 0.15) is 18.0 Å². The summed E-state index contributed by atoms with van der Waals surface area (Å²) >= 11 is 0. The molecule has 0 aromatic carbocycles. The highest BCUT2D eigenvalue weighted by Gasteiger charge is 2.36. The summed E-state index contributed by atoms with van der Waals surface area (Å²) in [5, 5.41) is 0. The van der Waals surface area contributed by atoms with Gasteiger partial charge < -0.3 is 9.47 Å². The van der Waals surface area contributed by atoms with Crippen molar-refractivity contribution < 1.29 is 32.2 Å². The Bertz CT molecular complexity index is 565. The third kappa shape index (κ3) is 6.13. The van der Waals surface area contributed by atoms with E-state index in [0.717, 1.165) is 19.4 Å². The van der Waals surface area contributed by atoms with E-state index in [1.807, 2.05) is 0 Å². The highest BCUT2D eigenvalue weighted by Crippen LogP contribution is 2.23. The van der Waals surface area contributed by atoms with E-state index in [2.05, 4.69) is 9.72 Å². The largest absolute Gasteiger partial charge is 0.465 e. The molecule has 1 heterocycles. The lowest BCUT2D eigenvalue weighted by Crippen LogP contribution is -2.42. The average molecular weight is 334 g/mol. The number of nitrogens with zero attached hydrogens (tertiary/aromatic N) is 2. The zero-order chi connectivity index (χ0) is 17.8. The molecule has 1 rings (SSSR count). The summed E-state index contributed by atoms with van der Waals surface area (Å²) in [6.45, 7) is 3.03. The van der Waals surface area contributed by atoms with Crippen molar-refractivity contribution in [1.82, 2.24) is 4.98 Å². The summed E-state index contributed by atoms with van der Waals surface area (Å²) < 4.78 is 47.5. The van der Waals surface area contributed by atoms with Crippen molar-refractivity contribution in [3.63, 3.8) is 0 Å². The van der Waals surface area contributed by atoms with Crippen LogP contribution >= 0.6 is 0 Å². The number of hydrogen-bond acceptors (Lipinski definition) is 5. The van der Waals surface area contributed by atoms with Crippen molar-refractivity contribution in [2.24, 2.45) is 0 Å². The number of ether oxygens (including phenoxy) is 2. The first-order valence-electron chi connectivity index (χ1n) is 6.54. The van der Waals surface area contributed by atoms with Gasteiger partial charge in [0.15, 0.2) is 0 Å². The lowest BCUT2D eigenvalue weighted by molar-refractivity contribution is -0.119. The maximum absolute atomic E-state index is 12.7. The summed E-state index contributed by atoms with van der Waals surface area (Å²) in [6.07, 6.45) is -4.80. The number of hydrogen-bond donors (Lipinski definition) is 0. The molecule has 0 fully saturated rings. The molecule has 0 aliphatic rings. The third-order valence-electron chi connectivity index (χ3n) is 2.40. The summed E-state index contributed by atoms with van der Waals surface area (Å²) in [6, 6.07) is 2.32. The van der Waals surface area contributed by atoms with Gasteiger partial charge in [0.05, 0.1) is 12.7 Å². The monoisotopic (exact) mass is 334 g/mol. The minimum atomic E-state index is -4.64. The van der Waals surface area contributed by atoms with E-state index in [1.54, 1.807) is 0 Å². The van der Waals surface area contributed by atoms with E-state index in [4.69, 9.17) is 4.74 Å². The molecule has 0 saturated carbocycles. The molecule has 0 atom stereocenters. The number of carbonyl (C=O) groups excluding carboxylic acids is 2. The molecule has 0 N–H and O–H groups in total. The Hall–Kier alpha value is -2.32. The quantitative estimate of drug-likeness (QED) is 0.794. The molecule has 0 aliphatic carbocycles. The number of amides is 1. The van der Waals surface area contributed by atoms with Gasteiger partial charge in [-0.15, -0.1) is 0 Å². The number of aromatic nitrogens is 1. The molecule has 0 saturated heterocycles. The van der Waals surface area contributed by atoms with Gasteiger partial charge >= 0.3 is 18.2 Å². The molecule has 1 aromatic rings. The Morgan fingerprint density at radius 2 is 1.83 bits per heavy atom. The van der Waals surface area contributed by atoms with Gasteiger partial charge in [-0.25, -0.2) is 14.6 Å². The minimum absolute atomic E-state index is 0.0485. The zero-order valence-electron chi connectivity index (χ0n) is 13.1. The van der Waals surface area contributed by atoms with Crippen molar-refractivity contribution in [2.75, 3.05) is 18.6 Å². The van der Waals surface area contributed by atoms with Crippen LogP contribution in [0.5, 0.6) is 0 Å². The standard InChI is InChI=1S/C14H17F3N2O4/c1-13(2,3)23-12(21)19(8-14(15,16)17)10-6-5-9(7-18-10)11(20)22-4/h5-7H,8H2,1-4H3. The summed E-state index contributed by atoms with van der Waals surface area (Å²) in [5.74, 6) is -0.979. The first kappa shape index (κ1) is 18.7. The highest BCUT2D eigenvalue weighted by atomic mass is 19.4. The van der Waals surface area contributed by atoms with Gasteiger partial charge in [-0.3, -0.25) is 4.90 Å². The van der Waals surface area contributed by atoms with E-state index in [-0.39, 0.29) is 11.4 Å². The number of pyridine rings is 1. The first-order chi connectivity index (χ1) is 10.4. The van der Waals surface area contributed by atoms with Gasteiger partial charge in [-0.05, 0) is 32.9 Å². The van der Waals surface area contributed by atoms with Crippen LogP contribution in [0.2, 0.25) is 0 Å². The average Bonchev–Trinajstić information content (AvgIpc) is 2.41. The molecule has 0 radical (unpaired) electrons. The molecule has 0 aliphatic heterocycles. The Labute approximate surface area is 131 Å². The Morgan fingerprint density at radius 1 is 1.22 bits per heavy atom. The normalized spacial score (nSPS) is 11.8. The molecule has 1 amide bonds. The van der Waals surface area contributed by atoms with Crippen LogP contribution in [0.3, 0.4) is 0 Å². The predicted molar refractivity (Wildman–Crippen MR) is 75.2 cm³/mol. The molecule has 128 valence electrons. The second kappa shape index (κ2) is 6.84. The second-order valence-electron chi connectivity index (χ2n) is 5.58. The van der Waals surface area contributed by atoms with Crippen LogP contribution < -0.4 is 4.90 Å². The maximum Gasteiger partial charge on any atom is 0.416 e. The number of anilines is 1. The van der Waals surface area contributed by atoms with Crippen molar-refractivity contribution in [2.45, 2.75) is 32.5 Å². The van der Waals surface area contributed by atoms with E-state index in [0.29, 0.717) is 4.90 Å². The lowest BCUT2D eigenvalue weighted by Gasteiger charge is -2.27. The van der Waals surface area contributed by atoms with Crippen LogP contribution in [0.1, 0.15) is 31.1 Å². The summed E-state index contributed by atoms with van der Waals surface area (Å²) in [5.41, 5.74) is -0.917. The van der Waals surface area contributed by atoms with E-state index in [1.165, 1.54) is 26.8 Å². The zero-order valence-corrected chi connectivity index (χ0v) is 13.1. The van der Waals surface area contributed by atoms with Crippen LogP contribution in [0.4, 0.5) is 23.8 Å². The Kier molecular flexibility index (Phi) is 5.57. The molecule has 6 nitrogen and oxygen atoms in total. The topological polar surface area (TPSA) is 68.7 Å². The minimum Gasteiger partial charge on any atom is -0.465 e. The van der Waals surface area contributed by atoms with Crippen molar-refractivity contribution in [1.29, 1.82) is 0 Å².